The Kier molecular flexibility index (Phi) is 11.2. The molecule has 39 heavy (non-hydrogen) atoms. The molecule has 1 aliphatic heterocycles. The summed E-state index contributed by atoms with van der Waals surface area (Å²) in [7, 11) is 1.63. The van der Waals surface area contributed by atoms with Gasteiger partial charge in [-0.25, -0.2) is 14.2 Å². The monoisotopic (exact) mass is 578 g/mol. The number of carbonyl (C=O) groups excluding carboxylic acids is 2. The topological polar surface area (TPSA) is 92.8 Å². The second-order valence-corrected chi connectivity index (χ2v) is 12.4. The zero-order valence-corrected chi connectivity index (χ0v) is 25.2. The van der Waals surface area contributed by atoms with E-state index >= 15 is 0 Å². The normalized spacial score (nSPS) is 13.1. The average molecular weight is 579 g/mol. The minimum Gasteiger partial charge on any atom is -0.444 e. The minimum atomic E-state index is -0.579. The van der Waals surface area contributed by atoms with Crippen LogP contribution in [-0.4, -0.2) is 60.8 Å². The molecule has 2 amide bonds. The van der Waals surface area contributed by atoms with E-state index in [2.05, 4.69) is 24.5 Å². The summed E-state index contributed by atoms with van der Waals surface area (Å²) in [5.41, 5.74) is 1.93. The van der Waals surface area contributed by atoms with Crippen LogP contribution in [0.2, 0.25) is 0 Å². The lowest BCUT2D eigenvalue weighted by Gasteiger charge is -2.30. The van der Waals surface area contributed by atoms with E-state index in [-0.39, 0.29) is 17.8 Å². The maximum Gasteiger partial charge on any atom is 0.410 e. The van der Waals surface area contributed by atoms with Gasteiger partial charge < -0.3 is 25.0 Å². The molecule has 0 radical (unpaired) electrons. The second-order valence-electron chi connectivity index (χ2n) is 10.2. The number of thiophene rings is 1. The molecule has 3 heterocycles. The van der Waals surface area contributed by atoms with Crippen molar-refractivity contribution in [2.24, 2.45) is 0 Å². The Morgan fingerprint density at radius 1 is 1.18 bits per heavy atom. The highest BCUT2D eigenvalue weighted by atomic mass is 32.1. The highest BCUT2D eigenvalue weighted by Gasteiger charge is 2.31. The van der Waals surface area contributed by atoms with Crippen LogP contribution in [0.3, 0.4) is 0 Å². The molecule has 0 saturated carbocycles. The average Bonchev–Trinajstić information content (AvgIpc) is 3.42. The summed E-state index contributed by atoms with van der Waals surface area (Å²) in [5, 5.41) is 7.66. The molecule has 0 bridgehead atoms. The van der Waals surface area contributed by atoms with E-state index < -0.39 is 5.60 Å². The molecule has 2 N–H and O–H groups in total. The van der Waals surface area contributed by atoms with Gasteiger partial charge in [0.25, 0.3) is 0 Å². The van der Waals surface area contributed by atoms with Crippen molar-refractivity contribution >= 4 is 49.9 Å². The molecule has 4 rings (SSSR count). The standard InChI is InChI=1S/C25H31FN4O4S2.C3H8/c1-25(2,3)34-24(32)30-11-8-16-19(14-30)36-23(29-20(31)7-9-27-10-12-33-4)21(16)22-28-17-13-15(26)5-6-18(17)35-22;1-3-2/h5-6,13,27H,7-12,14H2,1-4H3,(H,29,31);3H2,1-2H3. The zero-order chi connectivity index (χ0) is 28.6. The van der Waals surface area contributed by atoms with Crippen LogP contribution in [0.15, 0.2) is 18.2 Å². The predicted molar refractivity (Wildman–Crippen MR) is 157 cm³/mol. The molecule has 1 aromatic carbocycles. The number of nitrogens with zero attached hydrogens (tertiary/aromatic N) is 2. The number of carbonyl (C=O) groups is 2. The minimum absolute atomic E-state index is 0.115. The number of amides is 2. The third kappa shape index (κ3) is 8.69. The molecule has 214 valence electrons. The van der Waals surface area contributed by atoms with E-state index in [1.807, 2.05) is 20.8 Å². The molecule has 2 aromatic heterocycles. The van der Waals surface area contributed by atoms with Crippen molar-refractivity contribution in [1.29, 1.82) is 0 Å². The van der Waals surface area contributed by atoms with Crippen LogP contribution in [0.4, 0.5) is 14.2 Å². The smallest absolute Gasteiger partial charge is 0.410 e. The third-order valence-electron chi connectivity index (χ3n) is 5.54. The summed E-state index contributed by atoms with van der Waals surface area (Å²) in [6, 6.07) is 4.56. The van der Waals surface area contributed by atoms with Gasteiger partial charge in [0, 0.05) is 49.7 Å². The van der Waals surface area contributed by atoms with Crippen LogP contribution in [0, 0.1) is 5.82 Å². The number of benzene rings is 1. The molecule has 0 saturated heterocycles. The van der Waals surface area contributed by atoms with Gasteiger partial charge in [-0.15, -0.1) is 22.7 Å². The Morgan fingerprint density at radius 3 is 2.62 bits per heavy atom. The highest BCUT2D eigenvalue weighted by Crippen LogP contribution is 2.46. The summed E-state index contributed by atoms with van der Waals surface area (Å²) in [6.07, 6.45) is 1.81. The fourth-order valence-corrected chi connectivity index (χ4v) is 6.27. The Morgan fingerprint density at radius 2 is 1.92 bits per heavy atom. The van der Waals surface area contributed by atoms with E-state index in [0.717, 1.165) is 25.7 Å². The van der Waals surface area contributed by atoms with Crippen molar-refractivity contribution < 1.29 is 23.5 Å². The molecule has 0 spiro atoms. The molecule has 0 unspecified atom stereocenters. The number of aromatic nitrogens is 1. The zero-order valence-electron chi connectivity index (χ0n) is 23.6. The van der Waals surface area contributed by atoms with Crippen molar-refractivity contribution in [2.75, 3.05) is 38.7 Å². The van der Waals surface area contributed by atoms with Crippen LogP contribution in [0.5, 0.6) is 0 Å². The number of hydrogen-bond donors (Lipinski definition) is 2. The maximum atomic E-state index is 13.8. The Bertz CT molecular complexity index is 1270. The highest BCUT2D eigenvalue weighted by molar-refractivity contribution is 7.22. The molecule has 3 aromatic rings. The number of thiazole rings is 1. The van der Waals surface area contributed by atoms with Crippen molar-refractivity contribution in [1.82, 2.24) is 15.2 Å². The Balaban J connectivity index is 0.00000134. The van der Waals surface area contributed by atoms with Crippen LogP contribution in [0.1, 0.15) is 57.9 Å². The van der Waals surface area contributed by atoms with E-state index in [1.54, 1.807) is 18.1 Å². The number of halogens is 1. The fraction of sp³-hybridized carbons (Fsp3) is 0.536. The summed E-state index contributed by atoms with van der Waals surface area (Å²) < 4.78 is 25.2. The third-order valence-corrected chi connectivity index (χ3v) is 7.72. The van der Waals surface area contributed by atoms with Gasteiger partial charge in [-0.05, 0) is 44.9 Å². The largest absolute Gasteiger partial charge is 0.444 e. The number of nitrogens with one attached hydrogen (secondary N) is 2. The first-order chi connectivity index (χ1) is 18.6. The number of anilines is 1. The molecule has 11 heteroatoms. The second kappa shape index (κ2) is 14.2. The Hall–Kier alpha value is -2.60. The quantitative estimate of drug-likeness (QED) is 0.299. The van der Waals surface area contributed by atoms with Crippen molar-refractivity contribution in [3.8, 4) is 10.6 Å². The van der Waals surface area contributed by atoms with Crippen LogP contribution >= 0.6 is 22.7 Å². The van der Waals surface area contributed by atoms with Crippen molar-refractivity contribution in [2.45, 2.75) is 66.0 Å². The number of ether oxygens (including phenoxy) is 2. The molecule has 1 aliphatic rings. The van der Waals surface area contributed by atoms with Crippen LogP contribution in [-0.2, 0) is 27.2 Å². The van der Waals surface area contributed by atoms with Crippen LogP contribution < -0.4 is 10.6 Å². The Labute approximate surface area is 237 Å². The first-order valence-corrected chi connectivity index (χ1v) is 14.9. The van der Waals surface area contributed by atoms with Gasteiger partial charge in [0.05, 0.1) is 23.4 Å². The number of methoxy groups -OCH3 is 1. The molecule has 0 aliphatic carbocycles. The van der Waals surface area contributed by atoms with Gasteiger partial charge in [0.15, 0.2) is 0 Å². The molecular formula is C28H39FN4O4S2. The first-order valence-electron chi connectivity index (χ1n) is 13.2. The van der Waals surface area contributed by atoms with Gasteiger partial charge in [0.1, 0.15) is 21.4 Å². The predicted octanol–water partition coefficient (Wildman–Crippen LogP) is 6.44. The van der Waals surface area contributed by atoms with Gasteiger partial charge in [0.2, 0.25) is 5.91 Å². The summed E-state index contributed by atoms with van der Waals surface area (Å²) >= 11 is 2.92. The van der Waals surface area contributed by atoms with E-state index in [4.69, 9.17) is 14.5 Å². The molecule has 0 atom stereocenters. The first kappa shape index (κ1) is 30.9. The lowest BCUT2D eigenvalue weighted by atomic mass is 10.0. The van der Waals surface area contributed by atoms with Crippen molar-refractivity contribution in [3.63, 3.8) is 0 Å². The number of rotatable bonds is 8. The summed E-state index contributed by atoms with van der Waals surface area (Å²) in [4.78, 5) is 32.8. The molecule has 0 fully saturated rings. The summed E-state index contributed by atoms with van der Waals surface area (Å²) in [5.74, 6) is -0.454. The molecular weight excluding hydrogens is 539 g/mol. The molecule has 8 nitrogen and oxygen atoms in total. The fourth-order valence-electron chi connectivity index (χ4n) is 3.90. The van der Waals surface area contributed by atoms with Crippen LogP contribution in [0.25, 0.3) is 20.8 Å². The SMILES string of the molecule is CCC.COCCNCCC(=O)Nc1sc2c(c1-c1nc3cc(F)ccc3s1)CCN(C(=O)OC(C)(C)C)C2. The van der Waals surface area contributed by atoms with Crippen molar-refractivity contribution in [3.05, 3.63) is 34.5 Å². The van der Waals surface area contributed by atoms with Gasteiger partial charge in [-0.2, -0.15) is 0 Å². The van der Waals surface area contributed by atoms with E-state index in [0.29, 0.717) is 56.1 Å². The van der Waals surface area contributed by atoms with Gasteiger partial charge in [-0.1, -0.05) is 20.3 Å². The summed E-state index contributed by atoms with van der Waals surface area (Å²) in [6.45, 7) is 12.5. The lowest BCUT2D eigenvalue weighted by molar-refractivity contribution is -0.116. The lowest BCUT2D eigenvalue weighted by Crippen LogP contribution is -2.39. The van der Waals surface area contributed by atoms with E-state index in [9.17, 15) is 14.0 Å². The maximum absolute atomic E-state index is 13.8. The van der Waals surface area contributed by atoms with Gasteiger partial charge >= 0.3 is 6.09 Å². The number of fused-ring (bicyclic) bond motifs is 2. The number of hydrogen-bond acceptors (Lipinski definition) is 8. The van der Waals surface area contributed by atoms with E-state index in [1.165, 1.54) is 41.2 Å². The van der Waals surface area contributed by atoms with Gasteiger partial charge in [-0.3, -0.25) is 4.79 Å².